The lowest BCUT2D eigenvalue weighted by molar-refractivity contribution is -0.146. The van der Waals surface area contributed by atoms with E-state index in [9.17, 15) is 19.2 Å². The summed E-state index contributed by atoms with van der Waals surface area (Å²) in [6, 6.07) is 6.45. The van der Waals surface area contributed by atoms with Gasteiger partial charge in [0.1, 0.15) is 0 Å². The summed E-state index contributed by atoms with van der Waals surface area (Å²) in [6.07, 6.45) is -0.0132. The molecule has 0 aliphatic carbocycles. The molecule has 0 saturated heterocycles. The third-order valence-electron chi connectivity index (χ3n) is 3.75. The summed E-state index contributed by atoms with van der Waals surface area (Å²) >= 11 is 1.07. The van der Waals surface area contributed by atoms with E-state index in [0.29, 0.717) is 11.1 Å². The van der Waals surface area contributed by atoms with Crippen LogP contribution in [0.25, 0.3) is 0 Å². The highest BCUT2D eigenvalue weighted by molar-refractivity contribution is 7.07. The largest absolute Gasteiger partial charge is 0.444 e. The van der Waals surface area contributed by atoms with Crippen LogP contribution in [0.5, 0.6) is 0 Å². The molecule has 24 heavy (non-hydrogen) atoms. The molecule has 0 saturated carbocycles. The van der Waals surface area contributed by atoms with Gasteiger partial charge < -0.3 is 9.30 Å². The van der Waals surface area contributed by atoms with Crippen LogP contribution in [0.2, 0.25) is 0 Å². The minimum absolute atomic E-state index is 0.0132. The van der Waals surface area contributed by atoms with Gasteiger partial charge in [-0.2, -0.15) is 0 Å². The normalized spacial score (nSPS) is 13.3. The smallest absolute Gasteiger partial charge is 0.309 e. The number of rotatable bonds is 5. The second-order valence-electron chi connectivity index (χ2n) is 5.27. The van der Waals surface area contributed by atoms with Gasteiger partial charge in [0.05, 0.1) is 17.5 Å². The highest BCUT2D eigenvalue weighted by atomic mass is 32.1. The molecule has 0 N–H and O–H groups in total. The van der Waals surface area contributed by atoms with Crippen LogP contribution in [0, 0.1) is 6.92 Å². The van der Waals surface area contributed by atoms with Gasteiger partial charge in [0.25, 0.3) is 11.8 Å². The number of ether oxygens (including phenoxy) is 1. The van der Waals surface area contributed by atoms with Crippen LogP contribution in [0.15, 0.2) is 34.4 Å². The summed E-state index contributed by atoms with van der Waals surface area (Å²) < 4.78 is 6.49. The minimum atomic E-state index is -0.580. The van der Waals surface area contributed by atoms with Gasteiger partial charge in [0, 0.05) is 17.6 Å². The molecule has 0 bridgehead atoms. The minimum Gasteiger partial charge on any atom is -0.444 e. The monoisotopic (exact) mass is 346 g/mol. The fraction of sp³-hybridized carbons (Fsp3) is 0.250. The van der Waals surface area contributed by atoms with Crippen molar-refractivity contribution in [2.45, 2.75) is 19.9 Å². The number of aromatic nitrogens is 1. The van der Waals surface area contributed by atoms with Crippen molar-refractivity contribution in [2.24, 2.45) is 0 Å². The zero-order valence-corrected chi connectivity index (χ0v) is 13.7. The number of fused-ring (bicyclic) bond motifs is 1. The Morgan fingerprint density at radius 2 is 1.75 bits per heavy atom. The number of benzene rings is 1. The van der Waals surface area contributed by atoms with Crippen LogP contribution in [0.3, 0.4) is 0 Å². The van der Waals surface area contributed by atoms with Crippen LogP contribution in [0.4, 0.5) is 0 Å². The van der Waals surface area contributed by atoms with E-state index in [-0.39, 0.29) is 17.8 Å². The Bertz CT molecular complexity index is 848. The number of aryl methyl sites for hydroxylation is 1. The molecule has 0 spiro atoms. The van der Waals surface area contributed by atoms with Crippen molar-refractivity contribution in [3.05, 3.63) is 56.1 Å². The van der Waals surface area contributed by atoms with Crippen molar-refractivity contribution in [3.8, 4) is 0 Å². The topological polar surface area (TPSA) is 85.7 Å². The molecule has 1 aromatic carbocycles. The van der Waals surface area contributed by atoms with E-state index in [1.165, 1.54) is 4.57 Å². The Kier molecular flexibility index (Phi) is 4.30. The maximum absolute atomic E-state index is 12.1. The van der Waals surface area contributed by atoms with E-state index in [2.05, 4.69) is 0 Å². The van der Waals surface area contributed by atoms with Crippen LogP contribution in [-0.2, 0) is 16.1 Å². The van der Waals surface area contributed by atoms with Gasteiger partial charge in [-0.3, -0.25) is 19.2 Å². The number of esters is 1. The molecule has 1 aromatic heterocycles. The molecular formula is C16H14N2O5S. The average Bonchev–Trinajstić information content (AvgIpc) is 3.02. The van der Waals surface area contributed by atoms with E-state index in [1.54, 1.807) is 36.6 Å². The molecule has 3 rings (SSSR count). The maximum Gasteiger partial charge on any atom is 0.309 e. The van der Waals surface area contributed by atoms with Crippen molar-refractivity contribution in [1.82, 2.24) is 9.47 Å². The third kappa shape index (κ3) is 2.88. The van der Waals surface area contributed by atoms with Crippen molar-refractivity contribution in [2.75, 3.05) is 6.73 Å². The zero-order valence-electron chi connectivity index (χ0n) is 12.9. The van der Waals surface area contributed by atoms with E-state index in [1.807, 2.05) is 0 Å². The summed E-state index contributed by atoms with van der Waals surface area (Å²) in [4.78, 5) is 48.4. The van der Waals surface area contributed by atoms with Crippen molar-refractivity contribution in [3.63, 3.8) is 0 Å². The summed E-state index contributed by atoms with van der Waals surface area (Å²) in [7, 11) is 0. The van der Waals surface area contributed by atoms with Gasteiger partial charge >= 0.3 is 10.8 Å². The summed E-state index contributed by atoms with van der Waals surface area (Å²) in [5, 5.41) is 1.71. The predicted molar refractivity (Wildman–Crippen MR) is 85.8 cm³/mol. The number of thiazole rings is 1. The van der Waals surface area contributed by atoms with Gasteiger partial charge in [-0.05, 0) is 19.1 Å². The van der Waals surface area contributed by atoms with Crippen molar-refractivity contribution in [1.29, 1.82) is 0 Å². The fourth-order valence-electron chi connectivity index (χ4n) is 2.44. The molecule has 0 fully saturated rings. The molecule has 0 unspecified atom stereocenters. The van der Waals surface area contributed by atoms with Gasteiger partial charge in [-0.15, -0.1) is 0 Å². The van der Waals surface area contributed by atoms with Gasteiger partial charge in [-0.25, -0.2) is 4.90 Å². The Labute approximate surface area is 141 Å². The second-order valence-corrected chi connectivity index (χ2v) is 6.09. The average molecular weight is 346 g/mol. The number of hydrogen-bond donors (Lipinski definition) is 0. The summed E-state index contributed by atoms with van der Waals surface area (Å²) in [5.41, 5.74) is 1.39. The second kappa shape index (κ2) is 6.40. The molecule has 0 atom stereocenters. The lowest BCUT2D eigenvalue weighted by Crippen LogP contribution is -2.33. The van der Waals surface area contributed by atoms with Crippen LogP contribution >= 0.6 is 11.3 Å². The lowest BCUT2D eigenvalue weighted by atomic mass is 10.1. The Balaban J connectivity index is 1.57. The summed E-state index contributed by atoms with van der Waals surface area (Å²) in [5.74, 6) is -1.54. The standard InChI is InChI=1S/C16H14N2O5S/c1-10-8-24-16(22)17(10)7-6-13(19)23-9-18-14(20)11-4-2-3-5-12(11)15(18)21/h2-5,8H,6-7,9H2,1H3. The highest BCUT2D eigenvalue weighted by Gasteiger charge is 2.35. The number of imide groups is 1. The first kappa shape index (κ1) is 16.1. The van der Waals surface area contributed by atoms with E-state index >= 15 is 0 Å². The van der Waals surface area contributed by atoms with Crippen LogP contribution in [-0.4, -0.2) is 34.0 Å². The molecule has 7 nitrogen and oxygen atoms in total. The molecule has 124 valence electrons. The van der Waals surface area contributed by atoms with E-state index in [0.717, 1.165) is 21.9 Å². The Hall–Kier alpha value is -2.74. The Morgan fingerprint density at radius 1 is 1.12 bits per heavy atom. The first-order chi connectivity index (χ1) is 11.5. The number of amides is 2. The van der Waals surface area contributed by atoms with Crippen molar-refractivity contribution < 1.29 is 19.1 Å². The maximum atomic E-state index is 12.1. The molecule has 1 aliphatic rings. The number of nitrogens with zero attached hydrogens (tertiary/aromatic N) is 2. The zero-order chi connectivity index (χ0) is 17.3. The Morgan fingerprint density at radius 3 is 2.29 bits per heavy atom. The third-order valence-corrected chi connectivity index (χ3v) is 4.63. The number of carbonyl (C=O) groups is 3. The fourth-order valence-corrected chi connectivity index (χ4v) is 3.20. The number of carbonyl (C=O) groups excluding carboxylic acids is 3. The van der Waals surface area contributed by atoms with E-state index in [4.69, 9.17) is 4.74 Å². The molecule has 0 radical (unpaired) electrons. The molecule has 2 heterocycles. The quantitative estimate of drug-likeness (QED) is 0.603. The number of hydrogen-bond acceptors (Lipinski definition) is 6. The molecular weight excluding hydrogens is 332 g/mol. The van der Waals surface area contributed by atoms with Gasteiger partial charge in [0.2, 0.25) is 0 Å². The predicted octanol–water partition coefficient (Wildman–Crippen LogP) is 1.41. The van der Waals surface area contributed by atoms with Gasteiger partial charge in [-0.1, -0.05) is 23.5 Å². The van der Waals surface area contributed by atoms with Crippen LogP contribution < -0.4 is 4.87 Å². The lowest BCUT2D eigenvalue weighted by Gasteiger charge is -2.14. The molecule has 2 amide bonds. The first-order valence-corrected chi connectivity index (χ1v) is 8.13. The summed E-state index contributed by atoms with van der Waals surface area (Å²) in [6.45, 7) is 1.56. The molecule has 2 aromatic rings. The molecule has 8 heteroatoms. The van der Waals surface area contributed by atoms with Crippen LogP contribution in [0.1, 0.15) is 32.8 Å². The highest BCUT2D eigenvalue weighted by Crippen LogP contribution is 2.22. The van der Waals surface area contributed by atoms with Gasteiger partial charge in [0.15, 0.2) is 6.73 Å². The van der Waals surface area contributed by atoms with E-state index < -0.39 is 24.5 Å². The van der Waals surface area contributed by atoms with Crippen molar-refractivity contribution >= 4 is 29.1 Å². The molecule has 1 aliphatic heterocycles. The first-order valence-electron chi connectivity index (χ1n) is 7.25. The SMILES string of the molecule is Cc1csc(=O)n1CCC(=O)OCN1C(=O)c2ccccc2C1=O.